The van der Waals surface area contributed by atoms with Crippen LogP contribution in [0, 0.1) is 0 Å². The smallest absolute Gasteiger partial charge is 0.182 e. The lowest BCUT2D eigenvalue weighted by molar-refractivity contribution is -0.145. The lowest BCUT2D eigenvalue weighted by atomic mass is 10.2. The fraction of sp³-hybridized carbons (Fsp3) is 0.667. The molecule has 16 heavy (non-hydrogen) atoms. The third-order valence-corrected chi connectivity index (χ3v) is 4.12. The third kappa shape index (κ3) is 2.15. The van der Waals surface area contributed by atoms with Crippen LogP contribution in [0.4, 0.5) is 0 Å². The SMILES string of the molecule is c1cc(CCN2CCC3(C2)OCCO3)cs1. The minimum Gasteiger partial charge on any atom is -0.346 e. The lowest BCUT2D eigenvalue weighted by Crippen LogP contribution is -2.34. The van der Waals surface area contributed by atoms with E-state index in [0.717, 1.165) is 45.7 Å². The summed E-state index contributed by atoms with van der Waals surface area (Å²) >= 11 is 1.77. The summed E-state index contributed by atoms with van der Waals surface area (Å²) in [6.45, 7) is 4.68. The van der Waals surface area contributed by atoms with Gasteiger partial charge in [0, 0.05) is 19.5 Å². The Morgan fingerprint density at radius 2 is 2.25 bits per heavy atom. The van der Waals surface area contributed by atoms with E-state index in [1.165, 1.54) is 5.56 Å². The zero-order chi connectivity index (χ0) is 10.8. The van der Waals surface area contributed by atoms with Crippen molar-refractivity contribution in [2.45, 2.75) is 18.6 Å². The molecule has 2 saturated heterocycles. The Balaban J connectivity index is 1.50. The van der Waals surface area contributed by atoms with E-state index in [9.17, 15) is 0 Å². The molecule has 0 bridgehead atoms. The fourth-order valence-corrected chi connectivity index (χ4v) is 3.18. The monoisotopic (exact) mass is 239 g/mol. The summed E-state index contributed by atoms with van der Waals surface area (Å²) in [6, 6.07) is 2.21. The van der Waals surface area contributed by atoms with Gasteiger partial charge < -0.3 is 9.47 Å². The van der Waals surface area contributed by atoms with Gasteiger partial charge in [-0.2, -0.15) is 11.3 Å². The highest BCUT2D eigenvalue weighted by Crippen LogP contribution is 2.30. The van der Waals surface area contributed by atoms with Gasteiger partial charge in [-0.05, 0) is 28.8 Å². The molecule has 0 N–H and O–H groups in total. The van der Waals surface area contributed by atoms with E-state index in [2.05, 4.69) is 21.7 Å². The van der Waals surface area contributed by atoms with Crippen molar-refractivity contribution in [3.05, 3.63) is 22.4 Å². The van der Waals surface area contributed by atoms with Crippen LogP contribution in [0.3, 0.4) is 0 Å². The van der Waals surface area contributed by atoms with Crippen LogP contribution in [0.2, 0.25) is 0 Å². The summed E-state index contributed by atoms with van der Waals surface area (Å²) in [5.74, 6) is -0.255. The first-order valence-electron chi connectivity index (χ1n) is 5.88. The fourth-order valence-electron chi connectivity index (χ4n) is 2.47. The molecule has 0 radical (unpaired) electrons. The van der Waals surface area contributed by atoms with E-state index in [4.69, 9.17) is 9.47 Å². The van der Waals surface area contributed by atoms with E-state index >= 15 is 0 Å². The second-order valence-electron chi connectivity index (χ2n) is 4.52. The molecule has 3 heterocycles. The Kier molecular flexibility index (Phi) is 2.98. The van der Waals surface area contributed by atoms with Gasteiger partial charge in [0.15, 0.2) is 5.79 Å². The van der Waals surface area contributed by atoms with Crippen molar-refractivity contribution >= 4 is 11.3 Å². The van der Waals surface area contributed by atoms with Crippen LogP contribution in [0.1, 0.15) is 12.0 Å². The molecule has 2 aliphatic heterocycles. The Morgan fingerprint density at radius 1 is 1.38 bits per heavy atom. The third-order valence-electron chi connectivity index (χ3n) is 3.38. The normalized spacial score (nSPS) is 24.5. The molecule has 3 rings (SSSR count). The van der Waals surface area contributed by atoms with Gasteiger partial charge in [0.1, 0.15) is 0 Å². The molecular formula is C12H17NO2S. The molecule has 1 spiro atoms. The number of thiophene rings is 1. The maximum Gasteiger partial charge on any atom is 0.182 e. The first kappa shape index (κ1) is 10.7. The molecule has 0 aromatic carbocycles. The molecule has 1 aromatic rings. The van der Waals surface area contributed by atoms with Crippen LogP contribution in [0.5, 0.6) is 0 Å². The average molecular weight is 239 g/mol. The quantitative estimate of drug-likeness (QED) is 0.802. The molecule has 4 heteroatoms. The molecule has 2 fully saturated rings. The van der Waals surface area contributed by atoms with Gasteiger partial charge in [0.2, 0.25) is 0 Å². The number of nitrogens with zero attached hydrogens (tertiary/aromatic N) is 1. The number of hydrogen-bond acceptors (Lipinski definition) is 4. The molecule has 88 valence electrons. The predicted molar refractivity (Wildman–Crippen MR) is 63.7 cm³/mol. The van der Waals surface area contributed by atoms with Crippen molar-refractivity contribution in [2.24, 2.45) is 0 Å². The van der Waals surface area contributed by atoms with Crippen LogP contribution in [-0.2, 0) is 15.9 Å². The zero-order valence-electron chi connectivity index (χ0n) is 9.35. The largest absolute Gasteiger partial charge is 0.346 e. The lowest BCUT2D eigenvalue weighted by Gasteiger charge is -2.22. The van der Waals surface area contributed by atoms with Crippen molar-refractivity contribution in [3.8, 4) is 0 Å². The van der Waals surface area contributed by atoms with Gasteiger partial charge in [-0.3, -0.25) is 4.90 Å². The first-order valence-corrected chi connectivity index (χ1v) is 6.82. The Morgan fingerprint density at radius 3 is 3.00 bits per heavy atom. The maximum absolute atomic E-state index is 5.71. The van der Waals surface area contributed by atoms with Crippen LogP contribution in [-0.4, -0.2) is 43.5 Å². The van der Waals surface area contributed by atoms with Gasteiger partial charge in [-0.1, -0.05) is 0 Å². The number of hydrogen-bond donors (Lipinski definition) is 0. The molecule has 3 nitrogen and oxygen atoms in total. The standard InChI is InChI=1S/C12H17NO2S/c1(11-2-8-16-9-11)4-13-5-3-12(10-13)14-6-7-15-12/h2,8-9H,1,3-7,10H2. The van der Waals surface area contributed by atoms with Crippen LogP contribution in [0.15, 0.2) is 16.8 Å². The van der Waals surface area contributed by atoms with Gasteiger partial charge in [0.05, 0.1) is 19.8 Å². The molecule has 0 amide bonds. The molecule has 0 atom stereocenters. The van der Waals surface area contributed by atoms with Gasteiger partial charge in [-0.25, -0.2) is 0 Å². The minimum absolute atomic E-state index is 0.255. The minimum atomic E-state index is -0.255. The van der Waals surface area contributed by atoms with E-state index in [1.807, 2.05) is 0 Å². The summed E-state index contributed by atoms with van der Waals surface area (Å²) in [7, 11) is 0. The highest BCUT2D eigenvalue weighted by Gasteiger charge is 2.42. The van der Waals surface area contributed by atoms with E-state index in [1.54, 1.807) is 11.3 Å². The topological polar surface area (TPSA) is 21.7 Å². The predicted octanol–water partition coefficient (Wildman–Crippen LogP) is 1.74. The summed E-state index contributed by atoms with van der Waals surface area (Å²) < 4.78 is 11.4. The van der Waals surface area contributed by atoms with Crippen molar-refractivity contribution in [2.75, 3.05) is 32.8 Å². The second-order valence-corrected chi connectivity index (χ2v) is 5.30. The maximum atomic E-state index is 5.71. The molecule has 2 aliphatic rings. The average Bonchev–Trinajstić information content (AvgIpc) is 3.01. The first-order chi connectivity index (χ1) is 7.86. The zero-order valence-corrected chi connectivity index (χ0v) is 10.2. The highest BCUT2D eigenvalue weighted by atomic mass is 32.1. The Hall–Kier alpha value is -0.420. The Labute approximate surface area is 100.0 Å². The summed E-state index contributed by atoms with van der Waals surface area (Å²) in [5.41, 5.74) is 1.44. The highest BCUT2D eigenvalue weighted by molar-refractivity contribution is 7.07. The number of ether oxygens (including phenoxy) is 2. The summed E-state index contributed by atoms with van der Waals surface area (Å²) in [6.07, 6.45) is 2.16. The molecule has 0 unspecified atom stereocenters. The van der Waals surface area contributed by atoms with Crippen molar-refractivity contribution in [1.29, 1.82) is 0 Å². The molecular weight excluding hydrogens is 222 g/mol. The molecule has 1 aromatic heterocycles. The van der Waals surface area contributed by atoms with E-state index < -0.39 is 0 Å². The second kappa shape index (κ2) is 4.45. The van der Waals surface area contributed by atoms with E-state index in [0.29, 0.717) is 0 Å². The number of rotatable bonds is 3. The molecule has 0 saturated carbocycles. The van der Waals surface area contributed by atoms with Gasteiger partial charge in [0.25, 0.3) is 0 Å². The summed E-state index contributed by atoms with van der Waals surface area (Å²) in [4.78, 5) is 2.45. The van der Waals surface area contributed by atoms with Crippen LogP contribution < -0.4 is 0 Å². The Bertz CT molecular complexity index is 333. The van der Waals surface area contributed by atoms with Gasteiger partial charge >= 0.3 is 0 Å². The van der Waals surface area contributed by atoms with Crippen molar-refractivity contribution < 1.29 is 9.47 Å². The van der Waals surface area contributed by atoms with Crippen LogP contribution >= 0.6 is 11.3 Å². The number of likely N-dealkylation sites (tertiary alicyclic amines) is 1. The van der Waals surface area contributed by atoms with E-state index in [-0.39, 0.29) is 5.79 Å². The van der Waals surface area contributed by atoms with Gasteiger partial charge in [-0.15, -0.1) is 0 Å². The molecule has 0 aliphatic carbocycles. The van der Waals surface area contributed by atoms with Crippen LogP contribution in [0.25, 0.3) is 0 Å². The summed E-state index contributed by atoms with van der Waals surface area (Å²) in [5, 5.41) is 4.37. The van der Waals surface area contributed by atoms with Crippen molar-refractivity contribution in [1.82, 2.24) is 4.90 Å². The van der Waals surface area contributed by atoms with Crippen molar-refractivity contribution in [3.63, 3.8) is 0 Å².